The number of carbonyl (C=O) groups excluding carboxylic acids is 3. The number of ether oxygens (including phenoxy) is 1. The number of methoxy groups -OCH3 is 1. The second-order valence-electron chi connectivity index (χ2n) is 8.76. The lowest BCUT2D eigenvalue weighted by atomic mass is 9.95. The van der Waals surface area contributed by atoms with E-state index in [1.165, 1.54) is 31.0 Å². The van der Waals surface area contributed by atoms with Crippen LogP contribution < -0.4 is 15.4 Å². The topological polar surface area (TPSA) is 125 Å². The minimum atomic E-state index is -1.30. The lowest BCUT2D eigenvalue weighted by molar-refractivity contribution is -0.142. The molecule has 1 atom stereocenters. The van der Waals surface area contributed by atoms with Crippen LogP contribution in [-0.4, -0.2) is 72.7 Å². The van der Waals surface area contributed by atoms with Gasteiger partial charge in [0.2, 0.25) is 11.8 Å². The van der Waals surface area contributed by atoms with Crippen molar-refractivity contribution in [1.29, 1.82) is 0 Å². The number of carboxylic acid groups (broad SMARTS) is 1. The first-order valence-corrected chi connectivity index (χ1v) is 14.1. The molecule has 1 aliphatic heterocycles. The van der Waals surface area contributed by atoms with Crippen LogP contribution in [0.2, 0.25) is 10.0 Å². The number of nitrogens with one attached hydrogen (secondary N) is 2. The molecule has 0 bridgehead atoms. The van der Waals surface area contributed by atoms with Crippen LogP contribution >= 0.6 is 35.0 Å². The largest absolute Gasteiger partial charge is 0.497 e. The van der Waals surface area contributed by atoms with E-state index >= 15 is 0 Å². The monoisotopic (exact) mass is 593 g/mol. The van der Waals surface area contributed by atoms with Crippen molar-refractivity contribution in [3.05, 3.63) is 63.6 Å². The molecular formula is C27H29Cl2N3O6S. The zero-order valence-corrected chi connectivity index (χ0v) is 23.7. The van der Waals surface area contributed by atoms with Crippen molar-refractivity contribution in [3.63, 3.8) is 0 Å². The number of halogens is 2. The van der Waals surface area contributed by atoms with Crippen molar-refractivity contribution in [3.8, 4) is 5.75 Å². The first kappa shape index (κ1) is 30.3. The van der Waals surface area contributed by atoms with E-state index in [2.05, 4.69) is 10.6 Å². The second kappa shape index (κ2) is 14.3. The van der Waals surface area contributed by atoms with Gasteiger partial charge in [-0.2, -0.15) is 0 Å². The molecule has 0 aliphatic carbocycles. The summed E-state index contributed by atoms with van der Waals surface area (Å²) in [5.41, 5.74) is 0.929. The maximum Gasteiger partial charge on any atom is 0.328 e. The molecule has 12 heteroatoms. The summed E-state index contributed by atoms with van der Waals surface area (Å²) in [6, 6.07) is 8.75. The number of carboxylic acids is 1. The molecule has 1 aliphatic rings. The number of piperidine rings is 1. The summed E-state index contributed by atoms with van der Waals surface area (Å²) in [6.07, 6.45) is 5.68. The molecule has 3 rings (SSSR count). The summed E-state index contributed by atoms with van der Waals surface area (Å²) >= 11 is 14.0. The minimum absolute atomic E-state index is 0.223. The number of amides is 3. The Labute approximate surface area is 240 Å². The normalized spacial score (nSPS) is 14.6. The maximum absolute atomic E-state index is 12.8. The fraction of sp³-hybridized carbons (Fsp3) is 0.333. The van der Waals surface area contributed by atoms with Crippen molar-refractivity contribution in [2.24, 2.45) is 5.92 Å². The van der Waals surface area contributed by atoms with Gasteiger partial charge in [-0.3, -0.25) is 14.4 Å². The van der Waals surface area contributed by atoms with E-state index in [0.29, 0.717) is 52.9 Å². The van der Waals surface area contributed by atoms with Gasteiger partial charge < -0.3 is 25.4 Å². The lowest BCUT2D eigenvalue weighted by Gasteiger charge is -2.31. The number of rotatable bonds is 10. The van der Waals surface area contributed by atoms with Gasteiger partial charge in [-0.1, -0.05) is 35.3 Å². The molecule has 208 valence electrons. The number of aliphatic carboxylic acids is 1. The Morgan fingerprint density at radius 1 is 1.15 bits per heavy atom. The summed E-state index contributed by atoms with van der Waals surface area (Å²) in [4.78, 5) is 52.0. The Hall–Kier alpha value is -3.21. The molecule has 0 aromatic heterocycles. The van der Waals surface area contributed by atoms with E-state index in [1.807, 2.05) is 12.3 Å². The fourth-order valence-corrected chi connectivity index (χ4v) is 5.19. The molecule has 9 nitrogen and oxygen atoms in total. The van der Waals surface area contributed by atoms with Crippen LogP contribution in [0.4, 0.5) is 0 Å². The Balaban J connectivity index is 1.50. The number of thioether (sulfide) groups is 1. The summed E-state index contributed by atoms with van der Waals surface area (Å²) in [6.45, 7) is 0.390. The van der Waals surface area contributed by atoms with E-state index in [1.54, 1.807) is 35.2 Å². The standard InChI is InChI=1S/C27H29Cl2N3O6S/c1-38-19-5-3-4-18(14-19)25(34)30-15-20(27(36)37)31-26(35)17-10-12-32(13-11-17)22(33)9-7-16-6-8-21(39-2)24(29)23(16)28/h3-9,14,17,20H,10-13,15H2,1-2H3,(H,30,34)(H,31,35)(H,36,37)/t20-/m0/s1. The van der Waals surface area contributed by atoms with Crippen LogP contribution in [0, 0.1) is 5.92 Å². The number of likely N-dealkylation sites (tertiary alicyclic amines) is 1. The van der Waals surface area contributed by atoms with Crippen LogP contribution in [0.1, 0.15) is 28.8 Å². The van der Waals surface area contributed by atoms with Crippen LogP contribution in [-0.2, 0) is 14.4 Å². The van der Waals surface area contributed by atoms with Crippen LogP contribution in [0.5, 0.6) is 5.75 Å². The molecule has 2 aromatic carbocycles. The third kappa shape index (κ3) is 8.14. The lowest BCUT2D eigenvalue weighted by Crippen LogP contribution is -2.51. The number of hydrogen-bond acceptors (Lipinski definition) is 6. The van der Waals surface area contributed by atoms with Crippen molar-refractivity contribution < 1.29 is 29.0 Å². The predicted octanol–water partition coefficient (Wildman–Crippen LogP) is 3.98. The zero-order valence-electron chi connectivity index (χ0n) is 21.4. The summed E-state index contributed by atoms with van der Waals surface area (Å²) in [5, 5.41) is 15.4. The Morgan fingerprint density at radius 3 is 2.51 bits per heavy atom. The summed E-state index contributed by atoms with van der Waals surface area (Å²) in [7, 11) is 1.47. The number of benzene rings is 2. The molecule has 2 aromatic rings. The second-order valence-corrected chi connectivity index (χ2v) is 10.4. The minimum Gasteiger partial charge on any atom is -0.497 e. The van der Waals surface area contributed by atoms with Gasteiger partial charge in [0.05, 0.1) is 17.2 Å². The third-order valence-corrected chi connectivity index (χ3v) is 8.08. The van der Waals surface area contributed by atoms with Gasteiger partial charge in [0.25, 0.3) is 5.91 Å². The molecule has 3 amide bonds. The smallest absolute Gasteiger partial charge is 0.328 e. The molecule has 1 fully saturated rings. The molecule has 0 spiro atoms. The first-order valence-electron chi connectivity index (χ1n) is 12.1. The van der Waals surface area contributed by atoms with Gasteiger partial charge in [0.1, 0.15) is 11.8 Å². The number of carbonyl (C=O) groups is 4. The van der Waals surface area contributed by atoms with Crippen molar-refractivity contribution in [1.82, 2.24) is 15.5 Å². The Kier molecular flexibility index (Phi) is 11.1. The highest BCUT2D eigenvalue weighted by atomic mass is 35.5. The highest BCUT2D eigenvalue weighted by Crippen LogP contribution is 2.35. The molecule has 1 heterocycles. The van der Waals surface area contributed by atoms with E-state index in [-0.39, 0.29) is 12.5 Å². The summed E-state index contributed by atoms with van der Waals surface area (Å²) in [5.74, 6) is -2.38. The molecule has 0 saturated carbocycles. The average molecular weight is 595 g/mol. The van der Waals surface area contributed by atoms with Gasteiger partial charge in [-0.25, -0.2) is 4.79 Å². The molecular weight excluding hydrogens is 565 g/mol. The molecule has 1 saturated heterocycles. The quantitative estimate of drug-likeness (QED) is 0.281. The van der Waals surface area contributed by atoms with Crippen LogP contribution in [0.15, 0.2) is 47.4 Å². The zero-order chi connectivity index (χ0) is 28.5. The van der Waals surface area contributed by atoms with Gasteiger partial charge in [0, 0.05) is 42.1 Å². The van der Waals surface area contributed by atoms with Gasteiger partial charge in [0.15, 0.2) is 0 Å². The Bertz CT molecular complexity index is 1260. The average Bonchev–Trinajstić information content (AvgIpc) is 2.95. The van der Waals surface area contributed by atoms with E-state index < -0.39 is 29.7 Å². The predicted molar refractivity (Wildman–Crippen MR) is 151 cm³/mol. The number of nitrogens with zero attached hydrogens (tertiary/aromatic N) is 1. The number of hydrogen-bond donors (Lipinski definition) is 3. The molecule has 39 heavy (non-hydrogen) atoms. The van der Waals surface area contributed by atoms with E-state index in [4.69, 9.17) is 27.9 Å². The van der Waals surface area contributed by atoms with Gasteiger partial charge in [-0.15, -0.1) is 11.8 Å². The summed E-state index contributed by atoms with van der Waals surface area (Å²) < 4.78 is 5.09. The van der Waals surface area contributed by atoms with Crippen molar-refractivity contribution in [2.45, 2.75) is 23.8 Å². The van der Waals surface area contributed by atoms with Crippen LogP contribution in [0.3, 0.4) is 0 Å². The maximum atomic E-state index is 12.8. The first-order chi connectivity index (χ1) is 18.6. The molecule has 3 N–H and O–H groups in total. The fourth-order valence-electron chi connectivity index (χ4n) is 4.01. The molecule has 0 unspecified atom stereocenters. The van der Waals surface area contributed by atoms with Crippen LogP contribution in [0.25, 0.3) is 6.08 Å². The molecule has 0 radical (unpaired) electrons. The SMILES string of the molecule is COc1cccc(C(=O)NC[C@H](NC(=O)C2CCN(C(=O)C=Cc3ccc(SC)c(Cl)c3Cl)CC2)C(=O)O)c1. The highest BCUT2D eigenvalue weighted by Gasteiger charge is 2.30. The van der Waals surface area contributed by atoms with Gasteiger partial charge in [-0.05, 0) is 55.0 Å². The Morgan fingerprint density at radius 2 is 1.87 bits per heavy atom. The van der Waals surface area contributed by atoms with Crippen molar-refractivity contribution >= 4 is 64.7 Å². The third-order valence-electron chi connectivity index (χ3n) is 6.29. The van der Waals surface area contributed by atoms with E-state index in [9.17, 15) is 24.3 Å². The highest BCUT2D eigenvalue weighted by molar-refractivity contribution is 7.98. The van der Waals surface area contributed by atoms with Gasteiger partial charge >= 0.3 is 5.97 Å². The van der Waals surface area contributed by atoms with Crippen molar-refractivity contribution in [2.75, 3.05) is 33.0 Å². The van der Waals surface area contributed by atoms with E-state index in [0.717, 1.165) is 4.90 Å².